The van der Waals surface area contributed by atoms with Crippen molar-refractivity contribution in [1.29, 1.82) is 0 Å². The quantitative estimate of drug-likeness (QED) is 0.176. The lowest BCUT2D eigenvalue weighted by molar-refractivity contribution is 0.0204. The van der Waals surface area contributed by atoms with Gasteiger partial charge in [0.25, 0.3) is 0 Å². The molecule has 23 heavy (non-hydrogen) atoms. The molecule has 140 valence electrons. The van der Waals surface area contributed by atoms with E-state index in [1.807, 2.05) is 0 Å². The Morgan fingerprint density at radius 2 is 1.13 bits per heavy atom. The molecule has 0 fully saturated rings. The van der Waals surface area contributed by atoms with E-state index in [2.05, 4.69) is 22.9 Å². The summed E-state index contributed by atoms with van der Waals surface area (Å²) in [5, 5.41) is 0.849. The first-order valence-corrected chi connectivity index (χ1v) is 11.1. The molecular weight excluding hydrogens is 352 g/mol. The van der Waals surface area contributed by atoms with Crippen molar-refractivity contribution in [3.63, 3.8) is 0 Å². The predicted molar refractivity (Wildman–Crippen MR) is 106 cm³/mol. The second-order valence-electron chi connectivity index (χ2n) is 6.68. The third-order valence-electron chi connectivity index (χ3n) is 4.45. The van der Waals surface area contributed by atoms with Crippen molar-refractivity contribution in [2.45, 2.75) is 103 Å². The molecule has 0 aliphatic carbocycles. The van der Waals surface area contributed by atoms with Gasteiger partial charge in [-0.2, -0.15) is 0 Å². The molecule has 0 aromatic rings. The number of alkyl halides is 1. The molecule has 0 bridgehead atoms. The van der Waals surface area contributed by atoms with Crippen molar-refractivity contribution in [3.05, 3.63) is 0 Å². The van der Waals surface area contributed by atoms with Gasteiger partial charge in [-0.1, -0.05) is 106 Å². The summed E-state index contributed by atoms with van der Waals surface area (Å²) in [4.78, 5) is 0. The van der Waals surface area contributed by atoms with Crippen molar-refractivity contribution in [2.75, 3.05) is 25.7 Å². The second-order valence-corrected chi connectivity index (χ2v) is 7.33. The molecule has 0 heterocycles. The van der Waals surface area contributed by atoms with Crippen LogP contribution in [0, 0.1) is 0 Å². The highest BCUT2D eigenvalue weighted by Gasteiger charge is 2.04. The maximum absolute atomic E-state index is 5.63. The SMILES string of the molecule is CCCCCCCCCCCCCCCCOC[C@H](CBr)OC. The smallest absolute Gasteiger partial charge is 0.0901 e. The Hall–Kier alpha value is 0.400. The van der Waals surface area contributed by atoms with Crippen LogP contribution in [-0.2, 0) is 9.47 Å². The van der Waals surface area contributed by atoms with Crippen LogP contribution in [0.25, 0.3) is 0 Å². The van der Waals surface area contributed by atoms with E-state index >= 15 is 0 Å². The average Bonchev–Trinajstić information content (AvgIpc) is 2.58. The van der Waals surface area contributed by atoms with E-state index in [9.17, 15) is 0 Å². The summed E-state index contributed by atoms with van der Waals surface area (Å²) >= 11 is 3.42. The zero-order valence-electron chi connectivity index (χ0n) is 15.8. The van der Waals surface area contributed by atoms with Crippen LogP contribution in [0.3, 0.4) is 0 Å². The van der Waals surface area contributed by atoms with Gasteiger partial charge in [0.15, 0.2) is 0 Å². The van der Waals surface area contributed by atoms with Crippen LogP contribution in [0.5, 0.6) is 0 Å². The lowest BCUT2D eigenvalue weighted by atomic mass is 10.0. The number of hydrogen-bond donors (Lipinski definition) is 0. The molecular formula is C20H41BrO2. The largest absolute Gasteiger partial charge is 0.379 e. The van der Waals surface area contributed by atoms with E-state index < -0.39 is 0 Å². The molecule has 2 nitrogen and oxygen atoms in total. The van der Waals surface area contributed by atoms with Gasteiger partial charge in [0.2, 0.25) is 0 Å². The fourth-order valence-corrected chi connectivity index (χ4v) is 3.24. The monoisotopic (exact) mass is 392 g/mol. The molecule has 0 spiro atoms. The summed E-state index contributed by atoms with van der Waals surface area (Å²) in [6.45, 7) is 3.87. The number of methoxy groups -OCH3 is 1. The first-order chi connectivity index (χ1) is 11.3. The summed E-state index contributed by atoms with van der Waals surface area (Å²) < 4.78 is 10.9. The van der Waals surface area contributed by atoms with Crippen LogP contribution in [0.2, 0.25) is 0 Å². The van der Waals surface area contributed by atoms with Gasteiger partial charge in [-0.05, 0) is 6.42 Å². The van der Waals surface area contributed by atoms with Crippen LogP contribution in [-0.4, -0.2) is 31.8 Å². The Balaban J connectivity index is 3.02. The Morgan fingerprint density at radius 3 is 1.52 bits per heavy atom. The molecule has 0 radical (unpaired) electrons. The first-order valence-electron chi connectivity index (χ1n) is 10.0. The number of halogens is 1. The summed E-state index contributed by atoms with van der Waals surface area (Å²) in [5.74, 6) is 0. The molecule has 0 saturated heterocycles. The first kappa shape index (κ1) is 23.4. The fourth-order valence-electron chi connectivity index (χ4n) is 2.79. The van der Waals surface area contributed by atoms with Crippen molar-refractivity contribution < 1.29 is 9.47 Å². The van der Waals surface area contributed by atoms with Crippen molar-refractivity contribution in [3.8, 4) is 0 Å². The Kier molecular flexibility index (Phi) is 20.8. The molecule has 0 unspecified atom stereocenters. The van der Waals surface area contributed by atoms with Crippen molar-refractivity contribution in [1.82, 2.24) is 0 Å². The molecule has 0 aromatic heterocycles. The topological polar surface area (TPSA) is 18.5 Å². The van der Waals surface area contributed by atoms with Crippen LogP contribution >= 0.6 is 15.9 Å². The van der Waals surface area contributed by atoms with Gasteiger partial charge in [0, 0.05) is 19.0 Å². The van der Waals surface area contributed by atoms with Gasteiger partial charge < -0.3 is 9.47 Å². The van der Waals surface area contributed by atoms with Gasteiger partial charge in [-0.15, -0.1) is 0 Å². The van der Waals surface area contributed by atoms with Gasteiger partial charge in [0.05, 0.1) is 12.7 Å². The highest BCUT2D eigenvalue weighted by molar-refractivity contribution is 9.09. The van der Waals surface area contributed by atoms with Gasteiger partial charge >= 0.3 is 0 Å². The van der Waals surface area contributed by atoms with Crippen molar-refractivity contribution in [2.24, 2.45) is 0 Å². The third-order valence-corrected chi connectivity index (χ3v) is 5.17. The normalized spacial score (nSPS) is 12.7. The Morgan fingerprint density at radius 1 is 0.696 bits per heavy atom. The third kappa shape index (κ3) is 18.6. The van der Waals surface area contributed by atoms with Gasteiger partial charge in [0.1, 0.15) is 0 Å². The van der Waals surface area contributed by atoms with E-state index in [-0.39, 0.29) is 6.10 Å². The minimum absolute atomic E-state index is 0.196. The molecule has 0 N–H and O–H groups in total. The van der Waals surface area contributed by atoms with Gasteiger partial charge in [-0.25, -0.2) is 0 Å². The van der Waals surface area contributed by atoms with E-state index in [1.165, 1.54) is 89.9 Å². The molecule has 0 saturated carbocycles. The van der Waals surface area contributed by atoms with E-state index in [0.717, 1.165) is 11.9 Å². The standard InChI is InChI=1S/C20H41BrO2/c1-3-4-5-6-7-8-9-10-11-12-13-14-15-16-17-23-19-20(18-21)22-2/h20H,3-19H2,1-2H3/t20-/m0/s1. The van der Waals surface area contributed by atoms with E-state index in [1.54, 1.807) is 7.11 Å². The highest BCUT2D eigenvalue weighted by atomic mass is 79.9. The molecule has 0 aliphatic heterocycles. The van der Waals surface area contributed by atoms with E-state index in [4.69, 9.17) is 9.47 Å². The zero-order chi connectivity index (χ0) is 17.0. The van der Waals surface area contributed by atoms with Crippen molar-refractivity contribution >= 4 is 15.9 Å². The molecule has 3 heteroatoms. The van der Waals surface area contributed by atoms with Gasteiger partial charge in [-0.3, -0.25) is 0 Å². The van der Waals surface area contributed by atoms with Crippen LogP contribution in [0.15, 0.2) is 0 Å². The van der Waals surface area contributed by atoms with Crippen LogP contribution < -0.4 is 0 Å². The minimum atomic E-state index is 0.196. The fraction of sp³-hybridized carbons (Fsp3) is 1.00. The minimum Gasteiger partial charge on any atom is -0.379 e. The Bertz CT molecular complexity index is 208. The molecule has 0 aliphatic rings. The number of hydrogen-bond acceptors (Lipinski definition) is 2. The Labute approximate surface area is 154 Å². The molecule has 0 rings (SSSR count). The molecule has 1 atom stereocenters. The zero-order valence-corrected chi connectivity index (χ0v) is 17.4. The summed E-state index contributed by atoms with van der Waals surface area (Å²) in [6, 6.07) is 0. The summed E-state index contributed by atoms with van der Waals surface area (Å²) in [6.07, 6.45) is 19.8. The lowest BCUT2D eigenvalue weighted by Gasteiger charge is -2.12. The maximum Gasteiger partial charge on any atom is 0.0901 e. The number of rotatable bonds is 19. The highest BCUT2D eigenvalue weighted by Crippen LogP contribution is 2.13. The second kappa shape index (κ2) is 20.4. The average molecular weight is 393 g/mol. The lowest BCUT2D eigenvalue weighted by Crippen LogP contribution is -2.19. The number of unbranched alkanes of at least 4 members (excludes halogenated alkanes) is 13. The summed E-state index contributed by atoms with van der Waals surface area (Å²) in [7, 11) is 1.74. The van der Waals surface area contributed by atoms with Crippen LogP contribution in [0.4, 0.5) is 0 Å². The molecule has 0 aromatic carbocycles. The molecule has 0 amide bonds. The number of ether oxygens (including phenoxy) is 2. The maximum atomic E-state index is 5.63. The van der Waals surface area contributed by atoms with E-state index in [0.29, 0.717) is 6.61 Å². The summed E-state index contributed by atoms with van der Waals surface area (Å²) in [5.41, 5.74) is 0. The van der Waals surface area contributed by atoms with Crippen LogP contribution in [0.1, 0.15) is 96.8 Å². The predicted octanol–water partition coefficient (Wildman–Crippen LogP) is 6.89.